The number of hydrogen-bond donors (Lipinski definition) is 2. The van der Waals surface area contributed by atoms with Gasteiger partial charge in [-0.2, -0.15) is 0 Å². The van der Waals surface area contributed by atoms with Gasteiger partial charge in [-0.05, 0) is 60.6 Å². The average molecular weight is 316 g/mol. The van der Waals surface area contributed by atoms with Crippen LogP contribution in [0.15, 0.2) is 41.8 Å². The molecular weight excluding hydrogens is 300 g/mol. The molecule has 1 atom stereocenters. The summed E-state index contributed by atoms with van der Waals surface area (Å²) in [6.45, 7) is 0. The molecule has 3 nitrogen and oxygen atoms in total. The van der Waals surface area contributed by atoms with E-state index in [4.69, 9.17) is 12.2 Å². The van der Waals surface area contributed by atoms with E-state index in [1.807, 2.05) is 18.2 Å². The largest absolute Gasteiger partial charge is 0.356 e. The minimum Gasteiger partial charge on any atom is -0.356 e. The number of carbonyl (C=O) groups is 1. The number of fused-ring (bicyclic) bond motifs is 1. The van der Waals surface area contributed by atoms with Gasteiger partial charge in [-0.3, -0.25) is 10.1 Å². The Morgan fingerprint density at radius 3 is 2.86 bits per heavy atom. The molecule has 1 aliphatic carbocycles. The maximum Gasteiger partial charge on any atom is 0.257 e. The fourth-order valence-corrected chi connectivity index (χ4v) is 3.82. The monoisotopic (exact) mass is 316 g/mol. The lowest BCUT2D eigenvalue weighted by Crippen LogP contribution is -2.41. The van der Waals surface area contributed by atoms with Crippen molar-refractivity contribution in [3.05, 3.63) is 57.8 Å². The number of thiocarbonyl (C=S) groups is 1. The molecule has 0 saturated heterocycles. The van der Waals surface area contributed by atoms with Gasteiger partial charge in [0.15, 0.2) is 5.11 Å². The van der Waals surface area contributed by atoms with Crippen LogP contribution in [0.25, 0.3) is 0 Å². The van der Waals surface area contributed by atoms with Crippen LogP contribution in [0.2, 0.25) is 0 Å². The van der Waals surface area contributed by atoms with Crippen molar-refractivity contribution in [3.63, 3.8) is 0 Å². The van der Waals surface area contributed by atoms with Crippen molar-refractivity contribution in [1.82, 2.24) is 10.6 Å². The predicted octanol–water partition coefficient (Wildman–Crippen LogP) is 3.43. The van der Waals surface area contributed by atoms with Gasteiger partial charge < -0.3 is 5.32 Å². The molecule has 0 radical (unpaired) electrons. The van der Waals surface area contributed by atoms with Crippen molar-refractivity contribution < 1.29 is 4.79 Å². The maximum atomic E-state index is 12.1. The second-order valence-corrected chi connectivity index (χ2v) is 6.45. The molecule has 2 aromatic rings. The zero-order chi connectivity index (χ0) is 14.7. The van der Waals surface area contributed by atoms with Gasteiger partial charge in [-0.1, -0.05) is 18.2 Å². The molecule has 0 spiro atoms. The molecule has 1 unspecified atom stereocenters. The SMILES string of the molecule is O=C(NC(=S)NC1CCCc2sccc21)c1ccccc1. The van der Waals surface area contributed by atoms with Crippen molar-refractivity contribution in [3.8, 4) is 0 Å². The highest BCUT2D eigenvalue weighted by atomic mass is 32.1. The first-order valence-electron chi connectivity index (χ1n) is 6.97. The number of nitrogens with one attached hydrogen (secondary N) is 2. The first-order chi connectivity index (χ1) is 10.2. The van der Waals surface area contributed by atoms with E-state index in [-0.39, 0.29) is 11.9 Å². The quantitative estimate of drug-likeness (QED) is 0.834. The molecule has 1 aromatic heterocycles. The molecule has 3 rings (SSSR count). The number of carbonyl (C=O) groups excluding carboxylic acids is 1. The third-order valence-electron chi connectivity index (χ3n) is 3.62. The molecule has 2 N–H and O–H groups in total. The fraction of sp³-hybridized carbons (Fsp3) is 0.250. The molecule has 1 amide bonds. The summed E-state index contributed by atoms with van der Waals surface area (Å²) in [5.41, 5.74) is 1.93. The van der Waals surface area contributed by atoms with E-state index in [0.717, 1.165) is 19.3 Å². The lowest BCUT2D eigenvalue weighted by atomic mass is 9.94. The van der Waals surface area contributed by atoms with Crippen LogP contribution in [0.5, 0.6) is 0 Å². The Bertz CT molecular complexity index is 651. The average Bonchev–Trinajstić information content (AvgIpc) is 2.97. The van der Waals surface area contributed by atoms with Gasteiger partial charge in [-0.15, -0.1) is 11.3 Å². The van der Waals surface area contributed by atoms with Crippen LogP contribution in [-0.4, -0.2) is 11.0 Å². The van der Waals surface area contributed by atoms with Crippen molar-refractivity contribution in [2.24, 2.45) is 0 Å². The summed E-state index contributed by atoms with van der Waals surface area (Å²) in [5.74, 6) is -0.172. The van der Waals surface area contributed by atoms with E-state index in [1.54, 1.807) is 23.5 Å². The number of hydrogen-bond acceptors (Lipinski definition) is 3. The van der Waals surface area contributed by atoms with E-state index in [1.165, 1.54) is 10.4 Å². The van der Waals surface area contributed by atoms with Crippen molar-refractivity contribution in [2.45, 2.75) is 25.3 Å². The summed E-state index contributed by atoms with van der Waals surface area (Å²) in [6, 6.07) is 11.5. The Balaban J connectivity index is 1.62. The smallest absolute Gasteiger partial charge is 0.257 e. The van der Waals surface area contributed by atoms with Crippen LogP contribution in [0.3, 0.4) is 0 Å². The third kappa shape index (κ3) is 3.31. The summed E-state index contributed by atoms with van der Waals surface area (Å²) >= 11 is 7.07. The van der Waals surface area contributed by atoms with Crippen LogP contribution in [-0.2, 0) is 6.42 Å². The van der Waals surface area contributed by atoms with Gasteiger partial charge in [0.05, 0.1) is 6.04 Å². The second kappa shape index (κ2) is 6.37. The molecule has 1 heterocycles. The number of amides is 1. The molecular formula is C16H16N2OS2. The lowest BCUT2D eigenvalue weighted by Gasteiger charge is -2.25. The number of aryl methyl sites for hydroxylation is 1. The topological polar surface area (TPSA) is 41.1 Å². The Morgan fingerprint density at radius 1 is 1.24 bits per heavy atom. The molecule has 0 bridgehead atoms. The van der Waals surface area contributed by atoms with E-state index in [0.29, 0.717) is 10.7 Å². The van der Waals surface area contributed by atoms with Gasteiger partial charge in [0.1, 0.15) is 0 Å². The molecule has 0 fully saturated rings. The minimum absolute atomic E-state index is 0.172. The first kappa shape index (κ1) is 14.2. The Kier molecular flexibility index (Phi) is 4.31. The zero-order valence-corrected chi connectivity index (χ0v) is 13.1. The highest BCUT2D eigenvalue weighted by molar-refractivity contribution is 7.80. The lowest BCUT2D eigenvalue weighted by molar-refractivity contribution is 0.0976. The molecule has 21 heavy (non-hydrogen) atoms. The minimum atomic E-state index is -0.172. The van der Waals surface area contributed by atoms with Gasteiger partial charge in [0.25, 0.3) is 5.91 Å². The molecule has 1 aliphatic rings. The highest BCUT2D eigenvalue weighted by Crippen LogP contribution is 2.33. The van der Waals surface area contributed by atoms with Crippen molar-refractivity contribution >= 4 is 34.6 Å². The van der Waals surface area contributed by atoms with Crippen molar-refractivity contribution in [2.75, 3.05) is 0 Å². The van der Waals surface area contributed by atoms with Gasteiger partial charge in [0.2, 0.25) is 0 Å². The van der Waals surface area contributed by atoms with Gasteiger partial charge in [0, 0.05) is 10.4 Å². The Labute approximate surface area is 133 Å². The van der Waals surface area contributed by atoms with Gasteiger partial charge >= 0.3 is 0 Å². The maximum absolute atomic E-state index is 12.1. The number of thiophene rings is 1. The Morgan fingerprint density at radius 2 is 2.05 bits per heavy atom. The van der Waals surface area contributed by atoms with Crippen LogP contribution in [0, 0.1) is 0 Å². The Hall–Kier alpha value is -1.72. The summed E-state index contributed by atoms with van der Waals surface area (Å²) in [6.07, 6.45) is 3.35. The molecule has 5 heteroatoms. The van der Waals surface area contributed by atoms with Crippen LogP contribution in [0.4, 0.5) is 0 Å². The normalized spacial score (nSPS) is 16.9. The highest BCUT2D eigenvalue weighted by Gasteiger charge is 2.22. The van der Waals surface area contributed by atoms with Gasteiger partial charge in [-0.25, -0.2) is 0 Å². The third-order valence-corrected chi connectivity index (χ3v) is 4.84. The number of benzene rings is 1. The summed E-state index contributed by atoms with van der Waals surface area (Å²) < 4.78 is 0. The first-order valence-corrected chi connectivity index (χ1v) is 8.26. The summed E-state index contributed by atoms with van der Waals surface area (Å²) in [4.78, 5) is 13.5. The van der Waals surface area contributed by atoms with E-state index in [9.17, 15) is 4.79 Å². The van der Waals surface area contributed by atoms with E-state index in [2.05, 4.69) is 22.1 Å². The zero-order valence-electron chi connectivity index (χ0n) is 11.5. The van der Waals surface area contributed by atoms with Crippen LogP contribution >= 0.6 is 23.6 Å². The summed E-state index contributed by atoms with van der Waals surface area (Å²) in [5, 5.41) is 8.54. The van der Waals surface area contributed by atoms with Crippen LogP contribution in [0.1, 0.15) is 39.7 Å². The molecule has 108 valence electrons. The summed E-state index contributed by atoms with van der Waals surface area (Å²) in [7, 11) is 0. The second-order valence-electron chi connectivity index (χ2n) is 5.04. The predicted molar refractivity (Wildman–Crippen MR) is 89.6 cm³/mol. The number of rotatable bonds is 2. The molecule has 1 aromatic carbocycles. The van der Waals surface area contributed by atoms with Crippen molar-refractivity contribution in [1.29, 1.82) is 0 Å². The standard InChI is InChI=1S/C16H16N2OS2/c19-15(11-5-2-1-3-6-11)18-16(20)17-13-7-4-8-14-12(13)9-10-21-14/h1-3,5-6,9-10,13H,4,7-8H2,(H2,17,18,19,20). The van der Waals surface area contributed by atoms with E-state index >= 15 is 0 Å². The molecule has 0 saturated carbocycles. The molecule has 0 aliphatic heterocycles. The van der Waals surface area contributed by atoms with Crippen LogP contribution < -0.4 is 10.6 Å². The van der Waals surface area contributed by atoms with E-state index < -0.39 is 0 Å². The fourth-order valence-electron chi connectivity index (χ4n) is 2.60.